The Hall–Kier alpha value is -4.17. The lowest BCUT2D eigenvalue weighted by atomic mass is 10.0. The van der Waals surface area contributed by atoms with E-state index in [-0.39, 0.29) is 18.0 Å². The molecule has 1 aliphatic rings. The van der Waals surface area contributed by atoms with Gasteiger partial charge in [0.25, 0.3) is 5.91 Å². The van der Waals surface area contributed by atoms with E-state index in [9.17, 15) is 14.7 Å². The third-order valence-electron chi connectivity index (χ3n) is 6.64. The Balaban J connectivity index is 1.36. The number of carbonyl (C=O) groups is 2. The first-order chi connectivity index (χ1) is 17.5. The highest BCUT2D eigenvalue weighted by Crippen LogP contribution is 2.31. The molecule has 0 atom stereocenters. The van der Waals surface area contributed by atoms with Gasteiger partial charge in [-0.15, -0.1) is 0 Å². The number of aliphatic hydroxyl groups excluding tert-OH is 1. The smallest absolute Gasteiger partial charge is 0.319 e. The molecular weight excluding hydrogens is 454 g/mol. The van der Waals surface area contributed by atoms with E-state index < -0.39 is 0 Å². The molecule has 1 aliphatic heterocycles. The zero-order chi connectivity index (χ0) is 25.1. The van der Waals surface area contributed by atoms with Gasteiger partial charge in [0.2, 0.25) is 0 Å². The van der Waals surface area contributed by atoms with Gasteiger partial charge in [0, 0.05) is 54.5 Å². The standard InChI is InChI=1S/C28H29N5O3/c1-19-26(27(35)32-15-12-23(34)13-16-32)24-6-2-3-7-25(24)33(19)22-10-8-21(9-11-22)31-28(36)30-18-20-5-4-14-29-17-20/h2-11,14,17,23,34H,12-13,15-16,18H2,1H3,(H2,30,31,36). The molecule has 36 heavy (non-hydrogen) atoms. The fourth-order valence-electron chi connectivity index (χ4n) is 4.75. The van der Waals surface area contributed by atoms with Crippen molar-refractivity contribution in [1.29, 1.82) is 0 Å². The van der Waals surface area contributed by atoms with E-state index in [1.165, 1.54) is 0 Å². The molecule has 184 valence electrons. The van der Waals surface area contributed by atoms with Crippen molar-refractivity contribution in [2.75, 3.05) is 18.4 Å². The Kier molecular flexibility index (Phi) is 6.69. The number of pyridine rings is 1. The number of carbonyl (C=O) groups excluding carboxylic acids is 2. The van der Waals surface area contributed by atoms with Crippen molar-refractivity contribution in [2.45, 2.75) is 32.4 Å². The van der Waals surface area contributed by atoms with Crippen LogP contribution < -0.4 is 10.6 Å². The summed E-state index contributed by atoms with van der Waals surface area (Å²) in [6, 6.07) is 18.9. The Morgan fingerprint density at radius 2 is 1.78 bits per heavy atom. The van der Waals surface area contributed by atoms with Gasteiger partial charge in [0.15, 0.2) is 0 Å². The Labute approximate surface area is 209 Å². The molecule has 1 saturated heterocycles. The van der Waals surface area contributed by atoms with Crippen molar-refractivity contribution in [3.05, 3.63) is 89.9 Å². The van der Waals surface area contributed by atoms with Gasteiger partial charge >= 0.3 is 6.03 Å². The van der Waals surface area contributed by atoms with Crippen LogP contribution in [-0.4, -0.2) is 50.7 Å². The summed E-state index contributed by atoms with van der Waals surface area (Å²) in [6.45, 7) is 3.47. The first-order valence-corrected chi connectivity index (χ1v) is 12.1. The molecule has 0 spiro atoms. The van der Waals surface area contributed by atoms with Gasteiger partial charge in [0.1, 0.15) is 0 Å². The number of hydrogen-bond donors (Lipinski definition) is 3. The lowest BCUT2D eigenvalue weighted by molar-refractivity contribution is 0.0547. The van der Waals surface area contributed by atoms with Crippen LogP contribution in [0.15, 0.2) is 73.1 Å². The maximum atomic E-state index is 13.5. The number of benzene rings is 2. The molecule has 0 unspecified atom stereocenters. The second-order valence-electron chi connectivity index (χ2n) is 9.05. The molecule has 2 aromatic carbocycles. The van der Waals surface area contributed by atoms with Crippen molar-refractivity contribution in [2.24, 2.45) is 0 Å². The summed E-state index contributed by atoms with van der Waals surface area (Å²) >= 11 is 0. The first kappa shape index (κ1) is 23.6. The second-order valence-corrected chi connectivity index (χ2v) is 9.05. The summed E-state index contributed by atoms with van der Waals surface area (Å²) in [7, 11) is 0. The average Bonchev–Trinajstić information content (AvgIpc) is 3.20. The molecule has 8 heteroatoms. The maximum absolute atomic E-state index is 13.5. The van der Waals surface area contributed by atoms with Crippen LogP contribution in [0.25, 0.3) is 16.6 Å². The van der Waals surface area contributed by atoms with E-state index in [0.29, 0.717) is 43.7 Å². The van der Waals surface area contributed by atoms with Gasteiger partial charge in [-0.25, -0.2) is 4.79 Å². The lowest BCUT2D eigenvalue weighted by Gasteiger charge is -2.29. The minimum Gasteiger partial charge on any atom is -0.393 e. The Morgan fingerprint density at radius 1 is 1.03 bits per heavy atom. The summed E-state index contributed by atoms with van der Waals surface area (Å²) in [5, 5.41) is 16.4. The van der Waals surface area contributed by atoms with Crippen molar-refractivity contribution < 1.29 is 14.7 Å². The zero-order valence-electron chi connectivity index (χ0n) is 20.1. The highest BCUT2D eigenvalue weighted by molar-refractivity contribution is 6.09. The molecule has 0 aliphatic carbocycles. The number of fused-ring (bicyclic) bond motifs is 1. The number of nitrogens with one attached hydrogen (secondary N) is 2. The molecule has 0 saturated carbocycles. The Morgan fingerprint density at radius 3 is 2.50 bits per heavy atom. The van der Waals surface area contributed by atoms with E-state index in [4.69, 9.17) is 0 Å². The van der Waals surface area contributed by atoms with Crippen molar-refractivity contribution in [3.63, 3.8) is 0 Å². The molecule has 0 radical (unpaired) electrons. The summed E-state index contributed by atoms with van der Waals surface area (Å²) in [5.74, 6) is -0.00192. The number of amides is 3. The van der Waals surface area contributed by atoms with Gasteiger partial charge < -0.3 is 25.2 Å². The Bertz CT molecular complexity index is 1370. The molecule has 5 rings (SSSR count). The van der Waals surface area contributed by atoms with Gasteiger partial charge in [-0.3, -0.25) is 9.78 Å². The van der Waals surface area contributed by atoms with Crippen molar-refractivity contribution >= 4 is 28.5 Å². The number of likely N-dealkylation sites (tertiary alicyclic amines) is 1. The number of piperidine rings is 1. The van der Waals surface area contributed by atoms with Crippen LogP contribution in [-0.2, 0) is 6.54 Å². The highest BCUT2D eigenvalue weighted by Gasteiger charge is 2.27. The third-order valence-corrected chi connectivity index (χ3v) is 6.64. The molecule has 0 bridgehead atoms. The van der Waals surface area contributed by atoms with E-state index in [1.54, 1.807) is 12.4 Å². The lowest BCUT2D eigenvalue weighted by Crippen LogP contribution is -2.40. The molecule has 8 nitrogen and oxygen atoms in total. The molecule has 1 fully saturated rings. The number of hydrogen-bond acceptors (Lipinski definition) is 4. The molecule has 3 N–H and O–H groups in total. The topological polar surface area (TPSA) is 99.5 Å². The normalized spacial score (nSPS) is 14.1. The van der Waals surface area contributed by atoms with Crippen LogP contribution in [0.3, 0.4) is 0 Å². The molecule has 4 aromatic rings. The van der Waals surface area contributed by atoms with Gasteiger partial charge in [-0.05, 0) is 61.7 Å². The fourth-order valence-corrected chi connectivity index (χ4v) is 4.75. The van der Waals surface area contributed by atoms with Crippen LogP contribution in [0.2, 0.25) is 0 Å². The van der Waals surface area contributed by atoms with Crippen LogP contribution in [0.4, 0.5) is 10.5 Å². The predicted octanol–water partition coefficient (Wildman–Crippen LogP) is 4.25. The van der Waals surface area contributed by atoms with E-state index in [1.807, 2.05) is 72.5 Å². The van der Waals surface area contributed by atoms with Crippen molar-refractivity contribution in [3.8, 4) is 5.69 Å². The quantitative estimate of drug-likeness (QED) is 0.395. The minimum absolute atomic E-state index is 0.00192. The summed E-state index contributed by atoms with van der Waals surface area (Å²) < 4.78 is 2.08. The molecular formula is C28H29N5O3. The number of rotatable bonds is 5. The van der Waals surface area contributed by atoms with E-state index >= 15 is 0 Å². The van der Waals surface area contributed by atoms with Gasteiger partial charge in [-0.1, -0.05) is 24.3 Å². The highest BCUT2D eigenvalue weighted by atomic mass is 16.3. The average molecular weight is 484 g/mol. The van der Waals surface area contributed by atoms with Gasteiger partial charge in [0.05, 0.1) is 17.2 Å². The van der Waals surface area contributed by atoms with E-state index in [2.05, 4.69) is 20.2 Å². The van der Waals surface area contributed by atoms with Crippen LogP contribution in [0.5, 0.6) is 0 Å². The fraction of sp³-hybridized carbons (Fsp3) is 0.250. The van der Waals surface area contributed by atoms with Crippen molar-refractivity contribution in [1.82, 2.24) is 19.8 Å². The van der Waals surface area contributed by atoms with E-state index in [0.717, 1.165) is 27.8 Å². The molecule has 2 aromatic heterocycles. The number of para-hydroxylation sites is 1. The first-order valence-electron chi connectivity index (χ1n) is 12.1. The minimum atomic E-state index is -0.332. The zero-order valence-corrected chi connectivity index (χ0v) is 20.1. The summed E-state index contributed by atoms with van der Waals surface area (Å²) in [6.07, 6.45) is 4.29. The monoisotopic (exact) mass is 483 g/mol. The van der Waals surface area contributed by atoms with Crippen LogP contribution in [0, 0.1) is 6.92 Å². The SMILES string of the molecule is Cc1c(C(=O)N2CCC(O)CC2)c2ccccc2n1-c1ccc(NC(=O)NCc2cccnc2)cc1. The third kappa shape index (κ3) is 4.81. The summed E-state index contributed by atoms with van der Waals surface area (Å²) in [5.41, 5.74) is 4.99. The molecule has 3 heterocycles. The number of nitrogens with zero attached hydrogens (tertiary/aromatic N) is 3. The number of aromatic nitrogens is 2. The number of anilines is 1. The van der Waals surface area contributed by atoms with Gasteiger partial charge in [-0.2, -0.15) is 0 Å². The maximum Gasteiger partial charge on any atom is 0.319 e. The van der Waals surface area contributed by atoms with Crippen LogP contribution >= 0.6 is 0 Å². The number of urea groups is 1. The number of aliphatic hydroxyl groups is 1. The second kappa shape index (κ2) is 10.2. The largest absolute Gasteiger partial charge is 0.393 e. The summed E-state index contributed by atoms with van der Waals surface area (Å²) in [4.78, 5) is 31.7. The van der Waals surface area contributed by atoms with Crippen LogP contribution in [0.1, 0.15) is 34.5 Å². The molecule has 3 amide bonds. The predicted molar refractivity (Wildman–Crippen MR) is 139 cm³/mol.